The number of ether oxygens (including phenoxy) is 1. The number of unbranched alkanes of at least 4 members (excludes halogenated alkanes) is 2. The van der Waals surface area contributed by atoms with Crippen LogP contribution in [0.5, 0.6) is 0 Å². The first-order valence-electron chi connectivity index (χ1n) is 8.67. The molecule has 0 radical (unpaired) electrons. The molecule has 2 aliphatic carbocycles. The maximum atomic E-state index is 11.6. The molecule has 0 saturated heterocycles. The van der Waals surface area contributed by atoms with Crippen LogP contribution in [0.3, 0.4) is 0 Å². The Morgan fingerprint density at radius 1 is 0.652 bits per heavy atom. The van der Waals surface area contributed by atoms with E-state index in [1.54, 1.807) is 0 Å². The summed E-state index contributed by atoms with van der Waals surface area (Å²) in [5.74, 6) is 0.262. The molecule has 0 fully saturated rings. The van der Waals surface area contributed by atoms with Gasteiger partial charge in [0.15, 0.2) is 0 Å². The molecule has 0 aromatic rings. The zero-order valence-corrected chi connectivity index (χ0v) is 13.7. The number of carbonyl (C=O) groups is 2. The van der Waals surface area contributed by atoms with Gasteiger partial charge in [-0.1, -0.05) is 61.4 Å². The minimum atomic E-state index is -0.380. The van der Waals surface area contributed by atoms with E-state index in [-0.39, 0.29) is 11.9 Å². The van der Waals surface area contributed by atoms with Gasteiger partial charge in [-0.25, -0.2) is 0 Å². The third kappa shape index (κ3) is 7.27. The van der Waals surface area contributed by atoms with Crippen molar-refractivity contribution in [3.63, 3.8) is 0 Å². The van der Waals surface area contributed by atoms with Gasteiger partial charge in [0.2, 0.25) is 0 Å². The number of carbonyl (C=O) groups excluding carboxylic acids is 2. The molecular formula is C20H26O3. The van der Waals surface area contributed by atoms with Gasteiger partial charge in [0.05, 0.1) is 0 Å². The fourth-order valence-electron chi connectivity index (χ4n) is 2.87. The highest BCUT2D eigenvalue weighted by atomic mass is 16.6. The van der Waals surface area contributed by atoms with E-state index in [4.69, 9.17) is 4.74 Å². The van der Waals surface area contributed by atoms with Crippen molar-refractivity contribution >= 4 is 11.9 Å². The van der Waals surface area contributed by atoms with Crippen molar-refractivity contribution in [2.45, 2.75) is 51.4 Å². The molecule has 2 rings (SSSR count). The second-order valence-corrected chi connectivity index (χ2v) is 6.20. The number of allylic oxidation sites excluding steroid dienone is 8. The molecule has 0 aliphatic heterocycles. The first-order chi connectivity index (χ1) is 11.2. The highest BCUT2D eigenvalue weighted by Gasteiger charge is 2.11. The number of hydrogen-bond acceptors (Lipinski definition) is 3. The van der Waals surface area contributed by atoms with Crippen LogP contribution in [0.1, 0.15) is 51.4 Å². The smallest absolute Gasteiger partial charge is 0.313 e. The van der Waals surface area contributed by atoms with E-state index in [0.29, 0.717) is 24.7 Å². The Hall–Kier alpha value is -1.90. The summed E-state index contributed by atoms with van der Waals surface area (Å²) in [7, 11) is 0. The summed E-state index contributed by atoms with van der Waals surface area (Å²) in [6, 6.07) is 0. The van der Waals surface area contributed by atoms with Gasteiger partial charge in [-0.05, 0) is 37.5 Å². The molecule has 3 heteroatoms. The normalized spacial score (nSPS) is 16.5. The monoisotopic (exact) mass is 314 g/mol. The molecule has 0 aromatic heterocycles. The van der Waals surface area contributed by atoms with Gasteiger partial charge < -0.3 is 4.74 Å². The Morgan fingerprint density at radius 3 is 1.43 bits per heavy atom. The lowest BCUT2D eigenvalue weighted by Gasteiger charge is -2.06. The van der Waals surface area contributed by atoms with Crippen molar-refractivity contribution in [1.29, 1.82) is 0 Å². The molecule has 0 N–H and O–H groups in total. The van der Waals surface area contributed by atoms with Crippen molar-refractivity contribution in [3.8, 4) is 0 Å². The van der Waals surface area contributed by atoms with Crippen LogP contribution in [-0.4, -0.2) is 11.9 Å². The first-order valence-corrected chi connectivity index (χ1v) is 8.67. The molecule has 3 nitrogen and oxygen atoms in total. The minimum Gasteiger partial charge on any atom is -0.393 e. The summed E-state index contributed by atoms with van der Waals surface area (Å²) in [6.07, 6.45) is 23.2. The van der Waals surface area contributed by atoms with Crippen LogP contribution < -0.4 is 0 Å². The standard InChI is InChI=1S/C20H26O3/c21-19(15-7-5-13-17-9-1-2-10-17)23-20(22)16-8-6-14-18-11-3-4-12-18/h1-4,9-12,17-18H,5-8,13-16H2. The average molecular weight is 314 g/mol. The molecule has 0 unspecified atom stereocenters. The van der Waals surface area contributed by atoms with E-state index in [9.17, 15) is 9.59 Å². The van der Waals surface area contributed by atoms with Crippen molar-refractivity contribution in [1.82, 2.24) is 0 Å². The number of hydrogen-bond donors (Lipinski definition) is 0. The molecule has 124 valence electrons. The maximum absolute atomic E-state index is 11.6. The van der Waals surface area contributed by atoms with Crippen LogP contribution in [0.25, 0.3) is 0 Å². The van der Waals surface area contributed by atoms with E-state index in [2.05, 4.69) is 48.6 Å². The molecule has 0 aromatic carbocycles. The summed E-state index contributed by atoms with van der Waals surface area (Å²) in [5, 5.41) is 0. The quantitative estimate of drug-likeness (QED) is 0.334. The molecule has 0 saturated carbocycles. The molecule has 0 bridgehead atoms. The predicted molar refractivity (Wildman–Crippen MR) is 91.6 cm³/mol. The lowest BCUT2D eigenvalue weighted by molar-refractivity contribution is -0.159. The van der Waals surface area contributed by atoms with Gasteiger partial charge in [-0.3, -0.25) is 9.59 Å². The highest BCUT2D eigenvalue weighted by molar-refractivity contribution is 5.85. The second kappa shape index (κ2) is 9.98. The molecule has 23 heavy (non-hydrogen) atoms. The van der Waals surface area contributed by atoms with Gasteiger partial charge in [0, 0.05) is 12.8 Å². The van der Waals surface area contributed by atoms with E-state index in [1.807, 2.05) is 0 Å². The zero-order valence-electron chi connectivity index (χ0n) is 13.7. The van der Waals surface area contributed by atoms with Crippen LogP contribution in [0, 0.1) is 11.8 Å². The van der Waals surface area contributed by atoms with Crippen LogP contribution in [-0.2, 0) is 14.3 Å². The summed E-state index contributed by atoms with van der Waals surface area (Å²) in [6.45, 7) is 0. The fourth-order valence-corrected chi connectivity index (χ4v) is 2.87. The highest BCUT2D eigenvalue weighted by Crippen LogP contribution is 2.18. The Morgan fingerprint density at radius 2 is 1.04 bits per heavy atom. The third-order valence-corrected chi connectivity index (χ3v) is 4.22. The van der Waals surface area contributed by atoms with Crippen molar-refractivity contribution in [2.75, 3.05) is 0 Å². The van der Waals surface area contributed by atoms with Gasteiger partial charge >= 0.3 is 11.9 Å². The predicted octanol–water partition coefficient (Wildman–Crippen LogP) is 4.66. The Balaban J connectivity index is 1.44. The van der Waals surface area contributed by atoms with E-state index < -0.39 is 0 Å². The van der Waals surface area contributed by atoms with Crippen molar-refractivity contribution in [2.24, 2.45) is 11.8 Å². The van der Waals surface area contributed by atoms with Crippen LogP contribution in [0.2, 0.25) is 0 Å². The third-order valence-electron chi connectivity index (χ3n) is 4.22. The fraction of sp³-hybridized carbons (Fsp3) is 0.500. The minimum absolute atomic E-state index is 0.337. The summed E-state index contributed by atoms with van der Waals surface area (Å²) >= 11 is 0. The molecule has 0 atom stereocenters. The number of esters is 2. The van der Waals surface area contributed by atoms with Crippen molar-refractivity contribution in [3.05, 3.63) is 48.6 Å². The van der Waals surface area contributed by atoms with Crippen LogP contribution in [0.15, 0.2) is 48.6 Å². The average Bonchev–Trinajstić information content (AvgIpc) is 3.21. The first kappa shape index (κ1) is 17.5. The van der Waals surface area contributed by atoms with Gasteiger partial charge in [-0.2, -0.15) is 0 Å². The molecule has 0 amide bonds. The SMILES string of the molecule is O=C(CCCCC1C=CC=C1)OC(=O)CCCCC1C=CC=C1. The summed E-state index contributed by atoms with van der Waals surface area (Å²) in [5.41, 5.74) is 0. The maximum Gasteiger partial charge on any atom is 0.313 e. The van der Waals surface area contributed by atoms with Gasteiger partial charge in [0.25, 0.3) is 0 Å². The van der Waals surface area contributed by atoms with E-state index in [0.717, 1.165) is 38.5 Å². The van der Waals surface area contributed by atoms with E-state index >= 15 is 0 Å². The Kier molecular flexibility index (Phi) is 7.58. The summed E-state index contributed by atoms with van der Waals surface area (Å²) in [4.78, 5) is 23.2. The van der Waals surface area contributed by atoms with Gasteiger partial charge in [0.1, 0.15) is 0 Å². The largest absolute Gasteiger partial charge is 0.393 e. The molecular weight excluding hydrogens is 288 g/mol. The molecule has 0 spiro atoms. The second-order valence-electron chi connectivity index (χ2n) is 6.20. The molecule has 0 heterocycles. The van der Waals surface area contributed by atoms with Gasteiger partial charge in [-0.15, -0.1) is 0 Å². The lowest BCUT2D eigenvalue weighted by atomic mass is 10.0. The summed E-state index contributed by atoms with van der Waals surface area (Å²) < 4.78 is 4.86. The molecule has 2 aliphatic rings. The topological polar surface area (TPSA) is 43.4 Å². The number of rotatable bonds is 10. The van der Waals surface area contributed by atoms with Crippen LogP contribution in [0.4, 0.5) is 0 Å². The van der Waals surface area contributed by atoms with Crippen LogP contribution >= 0.6 is 0 Å². The lowest BCUT2D eigenvalue weighted by Crippen LogP contribution is -2.12. The zero-order chi connectivity index (χ0) is 16.3. The van der Waals surface area contributed by atoms with E-state index in [1.165, 1.54) is 0 Å². The van der Waals surface area contributed by atoms with Crippen molar-refractivity contribution < 1.29 is 14.3 Å². The Labute approximate surface area is 138 Å². The Bertz CT molecular complexity index is 441.